The van der Waals surface area contributed by atoms with E-state index in [4.69, 9.17) is 4.74 Å². The lowest BCUT2D eigenvalue weighted by Crippen LogP contribution is -2.54. The molecular formula is C27H45N3O3. The van der Waals surface area contributed by atoms with Crippen molar-refractivity contribution in [2.45, 2.75) is 97.2 Å². The molecule has 2 amide bonds. The van der Waals surface area contributed by atoms with E-state index in [0.717, 1.165) is 51.5 Å². The number of likely N-dealkylation sites (tertiary alicyclic amines) is 1. The van der Waals surface area contributed by atoms with Gasteiger partial charge in [0.15, 0.2) is 0 Å². The quantitative estimate of drug-likeness (QED) is 0.461. The van der Waals surface area contributed by atoms with Gasteiger partial charge in [0.05, 0.1) is 6.04 Å². The molecule has 0 aromatic heterocycles. The Kier molecular flexibility index (Phi) is 11.2. The summed E-state index contributed by atoms with van der Waals surface area (Å²) >= 11 is 0. The Morgan fingerprint density at radius 2 is 1.85 bits per heavy atom. The van der Waals surface area contributed by atoms with Gasteiger partial charge < -0.3 is 15.4 Å². The number of ether oxygens (including phenoxy) is 1. The molecule has 0 saturated carbocycles. The number of carbonyl (C=O) groups is 2. The van der Waals surface area contributed by atoms with Crippen LogP contribution in [0.5, 0.6) is 0 Å². The smallest absolute Gasteiger partial charge is 0.407 e. The van der Waals surface area contributed by atoms with Crippen molar-refractivity contribution in [3.8, 4) is 0 Å². The predicted octanol–water partition coefficient (Wildman–Crippen LogP) is 4.92. The van der Waals surface area contributed by atoms with E-state index >= 15 is 0 Å². The van der Waals surface area contributed by atoms with Gasteiger partial charge in [-0.15, -0.1) is 0 Å². The highest BCUT2D eigenvalue weighted by Crippen LogP contribution is 2.19. The molecule has 2 rings (SSSR count). The zero-order valence-corrected chi connectivity index (χ0v) is 21.4. The van der Waals surface area contributed by atoms with E-state index in [1.54, 1.807) is 0 Å². The number of carbonyl (C=O) groups excluding carboxylic acids is 2. The molecular weight excluding hydrogens is 414 g/mol. The molecule has 0 aliphatic carbocycles. The SMILES string of the molecule is CC(C)C[C@@H](CN1CCCC[C@H]1C(=O)NCCCCc1ccccc1)NC(=O)OC(C)(C)C. The highest BCUT2D eigenvalue weighted by molar-refractivity contribution is 5.81. The molecule has 1 fully saturated rings. The second-order valence-corrected chi connectivity index (χ2v) is 10.7. The van der Waals surface area contributed by atoms with Crippen LogP contribution in [0.2, 0.25) is 0 Å². The van der Waals surface area contributed by atoms with E-state index < -0.39 is 5.60 Å². The van der Waals surface area contributed by atoms with Crippen LogP contribution in [-0.4, -0.2) is 54.2 Å². The van der Waals surface area contributed by atoms with Crippen molar-refractivity contribution < 1.29 is 14.3 Å². The Balaban J connectivity index is 1.84. The standard InChI is InChI=1S/C27H45N3O3/c1-21(2)19-23(29-26(32)33-27(3,4)5)20-30-18-12-10-16-24(30)25(31)28-17-11-9-15-22-13-7-6-8-14-22/h6-8,13-14,21,23-24H,9-12,15-20H2,1-5H3,(H,28,31)(H,29,32)/t23-,24-/m0/s1. The van der Waals surface area contributed by atoms with Gasteiger partial charge in [0.1, 0.15) is 5.60 Å². The summed E-state index contributed by atoms with van der Waals surface area (Å²) in [7, 11) is 0. The summed E-state index contributed by atoms with van der Waals surface area (Å²) in [5.74, 6) is 0.557. The maximum absolute atomic E-state index is 13.0. The minimum atomic E-state index is -0.527. The van der Waals surface area contributed by atoms with Crippen molar-refractivity contribution in [3.63, 3.8) is 0 Å². The molecule has 0 unspecified atom stereocenters. The number of hydrogen-bond donors (Lipinski definition) is 2. The number of aryl methyl sites for hydroxylation is 1. The average molecular weight is 460 g/mol. The summed E-state index contributed by atoms with van der Waals surface area (Å²) in [6.07, 6.45) is 6.57. The fourth-order valence-electron chi connectivity index (χ4n) is 4.44. The molecule has 1 aromatic carbocycles. The minimum absolute atomic E-state index is 0.0425. The lowest BCUT2D eigenvalue weighted by atomic mass is 9.98. The fourth-order valence-corrected chi connectivity index (χ4v) is 4.44. The van der Waals surface area contributed by atoms with Gasteiger partial charge in [-0.1, -0.05) is 50.6 Å². The van der Waals surface area contributed by atoms with Gasteiger partial charge in [-0.05, 0) is 77.3 Å². The number of nitrogens with one attached hydrogen (secondary N) is 2. The summed E-state index contributed by atoms with van der Waals surface area (Å²) in [6, 6.07) is 10.3. The molecule has 1 saturated heterocycles. The van der Waals surface area contributed by atoms with Crippen molar-refractivity contribution in [2.75, 3.05) is 19.6 Å². The van der Waals surface area contributed by atoms with Crippen molar-refractivity contribution in [1.29, 1.82) is 0 Å². The van der Waals surface area contributed by atoms with E-state index in [0.29, 0.717) is 19.0 Å². The summed E-state index contributed by atoms with van der Waals surface area (Å²) in [5.41, 5.74) is 0.816. The highest BCUT2D eigenvalue weighted by atomic mass is 16.6. The van der Waals surface area contributed by atoms with E-state index in [1.807, 2.05) is 26.8 Å². The van der Waals surface area contributed by atoms with Gasteiger partial charge >= 0.3 is 6.09 Å². The Bertz CT molecular complexity index is 715. The molecule has 6 heteroatoms. The molecule has 0 radical (unpaired) electrons. The van der Waals surface area contributed by atoms with Crippen LogP contribution >= 0.6 is 0 Å². The Hall–Kier alpha value is -2.08. The second kappa shape index (κ2) is 13.6. The monoisotopic (exact) mass is 459 g/mol. The van der Waals surface area contributed by atoms with Gasteiger partial charge in [0.2, 0.25) is 5.91 Å². The van der Waals surface area contributed by atoms with Crippen LogP contribution in [0.25, 0.3) is 0 Å². The third-order valence-corrected chi connectivity index (χ3v) is 5.88. The second-order valence-electron chi connectivity index (χ2n) is 10.7. The topological polar surface area (TPSA) is 70.7 Å². The van der Waals surface area contributed by atoms with Crippen LogP contribution in [0.15, 0.2) is 30.3 Å². The first-order chi connectivity index (χ1) is 15.6. The van der Waals surface area contributed by atoms with Crippen molar-refractivity contribution in [3.05, 3.63) is 35.9 Å². The van der Waals surface area contributed by atoms with E-state index in [-0.39, 0.29) is 24.1 Å². The molecule has 1 aromatic rings. The summed E-state index contributed by atoms with van der Waals surface area (Å²) in [6.45, 7) is 12.2. The van der Waals surface area contributed by atoms with Gasteiger partial charge in [0, 0.05) is 19.1 Å². The number of alkyl carbamates (subject to hydrolysis) is 1. The number of nitrogens with zero attached hydrogens (tertiary/aromatic N) is 1. The van der Waals surface area contributed by atoms with E-state index in [9.17, 15) is 9.59 Å². The Labute approximate surface area is 200 Å². The van der Waals surface area contributed by atoms with Crippen molar-refractivity contribution in [1.82, 2.24) is 15.5 Å². The van der Waals surface area contributed by atoms with Gasteiger partial charge in [0.25, 0.3) is 0 Å². The third-order valence-electron chi connectivity index (χ3n) is 5.88. The number of hydrogen-bond acceptors (Lipinski definition) is 4. The summed E-state index contributed by atoms with van der Waals surface area (Å²) < 4.78 is 5.47. The molecule has 0 bridgehead atoms. The molecule has 1 aliphatic rings. The maximum atomic E-state index is 13.0. The predicted molar refractivity (Wildman–Crippen MR) is 134 cm³/mol. The Morgan fingerprint density at radius 3 is 2.52 bits per heavy atom. The van der Waals surface area contributed by atoms with E-state index in [1.165, 1.54) is 5.56 Å². The molecule has 1 heterocycles. The molecule has 6 nitrogen and oxygen atoms in total. The Morgan fingerprint density at radius 1 is 1.12 bits per heavy atom. The molecule has 2 atom stereocenters. The number of rotatable bonds is 11. The molecule has 186 valence electrons. The van der Waals surface area contributed by atoms with Gasteiger partial charge in [-0.3, -0.25) is 9.69 Å². The van der Waals surface area contributed by atoms with Crippen LogP contribution in [0.1, 0.15) is 78.7 Å². The largest absolute Gasteiger partial charge is 0.444 e. The summed E-state index contributed by atoms with van der Waals surface area (Å²) in [5, 5.41) is 6.21. The lowest BCUT2D eigenvalue weighted by molar-refractivity contribution is -0.127. The van der Waals surface area contributed by atoms with Gasteiger partial charge in [-0.2, -0.15) is 0 Å². The lowest BCUT2D eigenvalue weighted by Gasteiger charge is -2.37. The van der Waals surface area contributed by atoms with Gasteiger partial charge in [-0.25, -0.2) is 4.79 Å². The number of benzene rings is 1. The number of piperidine rings is 1. The van der Waals surface area contributed by atoms with Crippen LogP contribution in [0, 0.1) is 5.92 Å². The minimum Gasteiger partial charge on any atom is -0.444 e. The van der Waals surface area contributed by atoms with Crippen LogP contribution in [0.4, 0.5) is 4.79 Å². The first-order valence-electron chi connectivity index (χ1n) is 12.7. The van der Waals surface area contributed by atoms with Crippen LogP contribution in [0.3, 0.4) is 0 Å². The molecule has 33 heavy (non-hydrogen) atoms. The molecule has 2 N–H and O–H groups in total. The van der Waals surface area contributed by atoms with Crippen LogP contribution < -0.4 is 10.6 Å². The maximum Gasteiger partial charge on any atom is 0.407 e. The number of amides is 2. The zero-order chi connectivity index (χ0) is 24.3. The zero-order valence-electron chi connectivity index (χ0n) is 21.4. The molecule has 0 spiro atoms. The van der Waals surface area contributed by atoms with Crippen molar-refractivity contribution in [2.24, 2.45) is 5.92 Å². The normalized spacial score (nSPS) is 18.1. The summed E-state index contributed by atoms with van der Waals surface area (Å²) in [4.78, 5) is 27.6. The molecule has 1 aliphatic heterocycles. The van der Waals surface area contributed by atoms with E-state index in [2.05, 4.69) is 53.6 Å². The first-order valence-corrected chi connectivity index (χ1v) is 12.7. The van der Waals surface area contributed by atoms with Crippen LogP contribution in [-0.2, 0) is 16.0 Å². The average Bonchev–Trinajstić information content (AvgIpc) is 2.72. The third kappa shape index (κ3) is 11.1. The highest BCUT2D eigenvalue weighted by Gasteiger charge is 2.31. The number of unbranched alkanes of at least 4 members (excludes halogenated alkanes) is 1. The first kappa shape index (κ1) is 27.2. The van der Waals surface area contributed by atoms with Crippen molar-refractivity contribution >= 4 is 12.0 Å². The fraction of sp³-hybridized carbons (Fsp3) is 0.704.